The van der Waals surface area contributed by atoms with Crippen LogP contribution >= 0.6 is 23.2 Å². The van der Waals surface area contributed by atoms with Crippen molar-refractivity contribution in [1.29, 1.82) is 0 Å². The minimum Gasteiger partial charge on any atom is -0.480 e. The Bertz CT molecular complexity index is 607. The number of unbranched alkanes of at least 4 members (excludes halogenated alkanes) is 1. The summed E-state index contributed by atoms with van der Waals surface area (Å²) < 4.78 is 0. The third-order valence-electron chi connectivity index (χ3n) is 4.70. The highest BCUT2D eigenvalue weighted by atomic mass is 35.5. The molecule has 0 heterocycles. The van der Waals surface area contributed by atoms with Crippen LogP contribution in [0.5, 0.6) is 0 Å². The van der Waals surface area contributed by atoms with E-state index in [0.717, 1.165) is 18.7 Å². The fraction of sp³-hybridized carbons (Fsp3) is 0.611. The van der Waals surface area contributed by atoms with Gasteiger partial charge in [0.2, 0.25) is 0 Å². The second kappa shape index (κ2) is 11.9. The number of hydrogen-bond donors (Lipinski definition) is 4. The molecule has 0 radical (unpaired) electrons. The van der Waals surface area contributed by atoms with Crippen LogP contribution in [-0.4, -0.2) is 51.8 Å². The first-order valence-electron chi connectivity index (χ1n) is 9.22. The summed E-state index contributed by atoms with van der Waals surface area (Å²) in [6, 6.07) is 5.54. The van der Waals surface area contributed by atoms with E-state index >= 15 is 0 Å². The quantitative estimate of drug-likeness (QED) is 0.289. The van der Waals surface area contributed by atoms with E-state index in [1.165, 1.54) is 0 Å². The highest BCUT2D eigenvalue weighted by molar-refractivity contribution is 6.42. The van der Waals surface area contributed by atoms with Crippen molar-refractivity contribution in [2.75, 3.05) is 13.1 Å². The summed E-state index contributed by atoms with van der Waals surface area (Å²) in [5, 5.41) is 28.3. The molecule has 1 rings (SSSR count). The van der Waals surface area contributed by atoms with Crippen LogP contribution in [0.2, 0.25) is 16.4 Å². The number of carboxylic acid groups (broad SMARTS) is 1. The lowest BCUT2D eigenvalue weighted by atomic mass is 9.81. The largest absolute Gasteiger partial charge is 0.480 e. The first-order valence-corrected chi connectivity index (χ1v) is 9.98. The van der Waals surface area contributed by atoms with Crippen LogP contribution in [0, 0.1) is 0 Å². The Labute approximate surface area is 171 Å². The van der Waals surface area contributed by atoms with E-state index in [1.807, 2.05) is 19.1 Å². The van der Waals surface area contributed by atoms with Crippen LogP contribution in [0.25, 0.3) is 0 Å². The van der Waals surface area contributed by atoms with Gasteiger partial charge in [0.1, 0.15) is 5.54 Å². The summed E-state index contributed by atoms with van der Waals surface area (Å²) in [5.74, 6) is -1.01. The fourth-order valence-electron chi connectivity index (χ4n) is 2.97. The average molecular weight is 419 g/mol. The number of nitrogens with two attached hydrogens (primary N) is 1. The minimum atomic E-state index is -1.36. The molecule has 0 aromatic heterocycles. The third kappa shape index (κ3) is 8.81. The van der Waals surface area contributed by atoms with Gasteiger partial charge >= 0.3 is 13.1 Å². The van der Waals surface area contributed by atoms with E-state index in [2.05, 4.69) is 4.90 Å². The minimum absolute atomic E-state index is 0.225. The molecule has 0 bridgehead atoms. The molecule has 9 heteroatoms. The lowest BCUT2D eigenvalue weighted by Crippen LogP contribution is -2.48. The van der Waals surface area contributed by atoms with Gasteiger partial charge in [0.05, 0.1) is 10.0 Å². The summed E-state index contributed by atoms with van der Waals surface area (Å²) in [4.78, 5) is 13.8. The van der Waals surface area contributed by atoms with Gasteiger partial charge < -0.3 is 20.9 Å². The van der Waals surface area contributed by atoms with Gasteiger partial charge in [0, 0.05) is 6.54 Å². The number of carboxylic acids is 1. The zero-order chi connectivity index (χ0) is 20.4. The molecule has 1 atom stereocenters. The van der Waals surface area contributed by atoms with E-state index in [0.29, 0.717) is 48.7 Å². The van der Waals surface area contributed by atoms with Crippen LogP contribution < -0.4 is 5.73 Å². The summed E-state index contributed by atoms with van der Waals surface area (Å²) in [5.41, 5.74) is 5.86. The Morgan fingerprint density at radius 3 is 2.41 bits per heavy atom. The van der Waals surface area contributed by atoms with Crippen LogP contribution in [0.3, 0.4) is 0 Å². The zero-order valence-corrected chi connectivity index (χ0v) is 17.2. The lowest BCUT2D eigenvalue weighted by molar-refractivity contribution is -0.144. The molecule has 0 saturated carbocycles. The van der Waals surface area contributed by atoms with E-state index in [9.17, 15) is 9.90 Å². The normalized spacial score (nSPS) is 13.6. The summed E-state index contributed by atoms with van der Waals surface area (Å²) in [7, 11) is -1.36. The summed E-state index contributed by atoms with van der Waals surface area (Å²) in [6.45, 7) is 4.29. The number of benzene rings is 1. The first kappa shape index (κ1) is 24.2. The predicted octanol–water partition coefficient (Wildman–Crippen LogP) is 3.02. The molecule has 1 unspecified atom stereocenters. The highest BCUT2D eigenvalue weighted by Gasteiger charge is 2.32. The van der Waals surface area contributed by atoms with E-state index in [4.69, 9.17) is 39.0 Å². The number of carbonyl (C=O) groups is 1. The van der Waals surface area contributed by atoms with Crippen LogP contribution in [0.1, 0.15) is 44.6 Å². The average Bonchev–Trinajstić information content (AvgIpc) is 2.60. The molecule has 5 N–H and O–H groups in total. The van der Waals surface area contributed by atoms with Crippen molar-refractivity contribution in [3.8, 4) is 0 Å². The van der Waals surface area contributed by atoms with Gasteiger partial charge in [-0.05, 0) is 56.4 Å². The Hall–Kier alpha value is -0.825. The van der Waals surface area contributed by atoms with Gasteiger partial charge in [-0.15, -0.1) is 0 Å². The Kier molecular flexibility index (Phi) is 10.7. The van der Waals surface area contributed by atoms with Crippen molar-refractivity contribution in [3.63, 3.8) is 0 Å². The highest BCUT2D eigenvalue weighted by Crippen LogP contribution is 2.24. The third-order valence-corrected chi connectivity index (χ3v) is 5.43. The van der Waals surface area contributed by atoms with Gasteiger partial charge in [-0.2, -0.15) is 0 Å². The van der Waals surface area contributed by atoms with Gasteiger partial charge in [-0.1, -0.05) is 49.0 Å². The van der Waals surface area contributed by atoms with E-state index in [1.54, 1.807) is 6.07 Å². The molecule has 27 heavy (non-hydrogen) atoms. The molecule has 0 spiro atoms. The predicted molar refractivity (Wildman–Crippen MR) is 110 cm³/mol. The molecule has 152 valence electrons. The van der Waals surface area contributed by atoms with Crippen molar-refractivity contribution < 1.29 is 19.9 Å². The molecule has 0 fully saturated rings. The van der Waals surface area contributed by atoms with Crippen molar-refractivity contribution in [3.05, 3.63) is 33.8 Å². The topological polar surface area (TPSA) is 107 Å². The van der Waals surface area contributed by atoms with E-state index in [-0.39, 0.29) is 6.32 Å². The van der Waals surface area contributed by atoms with Gasteiger partial charge in [0.25, 0.3) is 0 Å². The lowest BCUT2D eigenvalue weighted by Gasteiger charge is -2.27. The van der Waals surface area contributed by atoms with Crippen molar-refractivity contribution in [2.45, 2.75) is 57.4 Å². The number of rotatable bonds is 13. The number of nitrogens with zero attached hydrogens (tertiary/aromatic N) is 1. The molecule has 0 saturated heterocycles. The second-order valence-electron chi connectivity index (χ2n) is 6.91. The molecule has 0 aliphatic carbocycles. The number of aliphatic carboxylic acids is 1. The van der Waals surface area contributed by atoms with Crippen LogP contribution in [-0.2, 0) is 11.3 Å². The van der Waals surface area contributed by atoms with E-state index < -0.39 is 18.6 Å². The maximum atomic E-state index is 11.6. The molecule has 1 aromatic carbocycles. The molecule has 0 aliphatic rings. The van der Waals surface area contributed by atoms with Gasteiger partial charge in [-0.25, -0.2) is 0 Å². The van der Waals surface area contributed by atoms with Gasteiger partial charge in [0.15, 0.2) is 0 Å². The number of halogens is 2. The Balaban J connectivity index is 2.51. The molecule has 6 nitrogen and oxygen atoms in total. The van der Waals surface area contributed by atoms with Crippen molar-refractivity contribution in [1.82, 2.24) is 4.90 Å². The van der Waals surface area contributed by atoms with Crippen molar-refractivity contribution >= 4 is 36.3 Å². The Morgan fingerprint density at radius 2 is 1.85 bits per heavy atom. The fourth-order valence-corrected chi connectivity index (χ4v) is 3.29. The SMILES string of the molecule is CCN(CCCC(N)(CCCCB(O)O)C(=O)O)Cc1ccc(Cl)c(Cl)c1. The standard InChI is InChI=1S/C18H29BCl2N2O4/c1-2-23(13-14-6-7-15(20)16(21)12-14)11-5-9-18(22,17(24)25)8-3-4-10-19(26)27/h6-7,12,26-27H,2-5,8-11,13,22H2,1H3,(H,24,25). The maximum absolute atomic E-state index is 11.6. The monoisotopic (exact) mass is 418 g/mol. The zero-order valence-electron chi connectivity index (χ0n) is 15.7. The smallest absolute Gasteiger partial charge is 0.451 e. The second-order valence-corrected chi connectivity index (χ2v) is 7.72. The van der Waals surface area contributed by atoms with Crippen LogP contribution in [0.4, 0.5) is 0 Å². The summed E-state index contributed by atoms with van der Waals surface area (Å²) in [6.07, 6.45) is 2.63. The van der Waals surface area contributed by atoms with Crippen LogP contribution in [0.15, 0.2) is 18.2 Å². The Morgan fingerprint density at radius 1 is 1.19 bits per heavy atom. The number of hydrogen-bond acceptors (Lipinski definition) is 5. The molecular formula is C18H29BCl2N2O4. The molecule has 1 aromatic rings. The molecule has 0 amide bonds. The summed E-state index contributed by atoms with van der Waals surface area (Å²) >= 11 is 12.0. The van der Waals surface area contributed by atoms with Crippen molar-refractivity contribution in [2.24, 2.45) is 5.73 Å². The molecular weight excluding hydrogens is 390 g/mol. The molecule has 0 aliphatic heterocycles. The first-order chi connectivity index (χ1) is 12.7. The maximum Gasteiger partial charge on any atom is 0.451 e. The van der Waals surface area contributed by atoms with Gasteiger partial charge in [-0.3, -0.25) is 9.69 Å².